The van der Waals surface area contributed by atoms with E-state index < -0.39 is 9.84 Å². The normalized spacial score (nSPS) is 15.4. The first-order chi connectivity index (χ1) is 13.2. The summed E-state index contributed by atoms with van der Waals surface area (Å²) in [5.41, 5.74) is 1.93. The third-order valence-corrected chi connectivity index (χ3v) is 7.15. The van der Waals surface area contributed by atoms with Crippen molar-refractivity contribution in [3.05, 3.63) is 35.7 Å². The minimum atomic E-state index is -3.34. The first-order valence-corrected chi connectivity index (χ1v) is 11.6. The Morgan fingerprint density at radius 3 is 2.50 bits per heavy atom. The molecule has 1 aliphatic heterocycles. The molecule has 1 aliphatic rings. The number of hydrogen-bond acceptors (Lipinski definition) is 7. The van der Waals surface area contributed by atoms with Crippen LogP contribution >= 0.6 is 11.3 Å². The number of aromatic nitrogens is 3. The second kappa shape index (κ2) is 6.85. The average molecular weight is 420 g/mol. The van der Waals surface area contributed by atoms with Crippen molar-refractivity contribution in [2.45, 2.75) is 11.8 Å². The van der Waals surface area contributed by atoms with Gasteiger partial charge >= 0.3 is 0 Å². The minimum absolute atomic E-state index is 0.0630. The maximum absolute atomic E-state index is 12.7. The van der Waals surface area contributed by atoms with Gasteiger partial charge in [0.05, 0.1) is 9.60 Å². The first-order valence-electron chi connectivity index (χ1n) is 8.88. The summed E-state index contributed by atoms with van der Waals surface area (Å²) < 4.78 is 26.6. The van der Waals surface area contributed by atoms with Crippen molar-refractivity contribution in [1.82, 2.24) is 19.7 Å². The van der Waals surface area contributed by atoms with Gasteiger partial charge in [-0.25, -0.2) is 13.4 Å². The molecule has 1 fully saturated rings. The van der Waals surface area contributed by atoms with E-state index in [1.54, 1.807) is 27.8 Å². The summed E-state index contributed by atoms with van der Waals surface area (Å²) in [5.74, 6) is -0.0630. The topological polar surface area (TPSA) is 88.4 Å². The van der Waals surface area contributed by atoms with Crippen LogP contribution in [0.4, 0.5) is 5.13 Å². The molecule has 3 heterocycles. The van der Waals surface area contributed by atoms with Crippen LogP contribution in [-0.2, 0) is 16.9 Å². The summed E-state index contributed by atoms with van der Waals surface area (Å²) in [7, 11) is -1.51. The zero-order chi connectivity index (χ0) is 20.1. The Hall–Kier alpha value is -2.46. The number of piperazine rings is 1. The Balaban J connectivity index is 1.52. The number of benzene rings is 1. The monoisotopic (exact) mass is 419 g/mol. The molecule has 0 bridgehead atoms. The maximum atomic E-state index is 12.7. The van der Waals surface area contributed by atoms with Crippen LogP contribution in [0.3, 0.4) is 0 Å². The highest BCUT2D eigenvalue weighted by Gasteiger charge is 2.26. The van der Waals surface area contributed by atoms with Crippen molar-refractivity contribution in [2.75, 3.05) is 37.3 Å². The zero-order valence-electron chi connectivity index (χ0n) is 15.9. The van der Waals surface area contributed by atoms with Crippen LogP contribution in [0.15, 0.2) is 29.2 Å². The number of thiazole rings is 1. The van der Waals surface area contributed by atoms with Gasteiger partial charge in [0.2, 0.25) is 0 Å². The van der Waals surface area contributed by atoms with E-state index in [0.717, 1.165) is 15.5 Å². The number of fused-ring (bicyclic) bond motifs is 1. The molecule has 10 heteroatoms. The van der Waals surface area contributed by atoms with E-state index in [4.69, 9.17) is 0 Å². The van der Waals surface area contributed by atoms with E-state index in [1.165, 1.54) is 17.6 Å². The Morgan fingerprint density at radius 2 is 1.89 bits per heavy atom. The molecule has 0 atom stereocenters. The highest BCUT2D eigenvalue weighted by Crippen LogP contribution is 2.33. The van der Waals surface area contributed by atoms with E-state index in [2.05, 4.69) is 15.0 Å². The molecule has 0 radical (unpaired) electrons. The second-order valence-electron chi connectivity index (χ2n) is 6.95. The fraction of sp³-hybridized carbons (Fsp3) is 0.389. The zero-order valence-corrected chi connectivity index (χ0v) is 17.5. The van der Waals surface area contributed by atoms with Crippen LogP contribution in [0, 0.1) is 6.92 Å². The predicted molar refractivity (Wildman–Crippen MR) is 109 cm³/mol. The number of aryl methyl sites for hydroxylation is 2. The van der Waals surface area contributed by atoms with Gasteiger partial charge in [0.1, 0.15) is 5.52 Å². The van der Waals surface area contributed by atoms with Crippen molar-refractivity contribution in [2.24, 2.45) is 7.05 Å². The van der Waals surface area contributed by atoms with E-state index >= 15 is 0 Å². The largest absolute Gasteiger partial charge is 0.345 e. The lowest BCUT2D eigenvalue weighted by atomic mass is 10.2. The number of sulfone groups is 1. The van der Waals surface area contributed by atoms with Crippen LogP contribution in [0.5, 0.6) is 0 Å². The van der Waals surface area contributed by atoms with Crippen molar-refractivity contribution in [1.29, 1.82) is 0 Å². The quantitative estimate of drug-likeness (QED) is 0.642. The van der Waals surface area contributed by atoms with Gasteiger partial charge in [0, 0.05) is 45.2 Å². The van der Waals surface area contributed by atoms with Gasteiger partial charge in [-0.15, -0.1) is 0 Å². The number of para-hydroxylation sites is 1. The molecule has 148 valence electrons. The molecule has 4 rings (SSSR count). The van der Waals surface area contributed by atoms with Crippen molar-refractivity contribution in [3.8, 4) is 0 Å². The first kappa shape index (κ1) is 18.9. The Labute approximate surface area is 167 Å². The number of carbonyl (C=O) groups is 1. The molecule has 8 nitrogen and oxygen atoms in total. The molecular formula is C18H21N5O3S2. The standard InChI is InChI=1S/C18H21N5O3S2/c1-12-11-13(20-21(12)2)17(24)22-7-9-23(10-8-22)18-19-16-14(27-18)5-4-6-15(16)28(3,25)26/h4-6,11H,7-10H2,1-3H3. The lowest BCUT2D eigenvalue weighted by molar-refractivity contribution is 0.0740. The lowest BCUT2D eigenvalue weighted by Gasteiger charge is -2.34. The van der Waals surface area contributed by atoms with Crippen molar-refractivity contribution < 1.29 is 13.2 Å². The molecule has 0 unspecified atom stereocenters. The van der Waals surface area contributed by atoms with Crippen LogP contribution < -0.4 is 4.90 Å². The summed E-state index contributed by atoms with van der Waals surface area (Å²) in [6, 6.07) is 7.02. The summed E-state index contributed by atoms with van der Waals surface area (Å²) in [4.78, 5) is 21.4. The molecule has 0 spiro atoms. The Bertz CT molecular complexity index is 1140. The predicted octanol–water partition coefficient (Wildman–Crippen LogP) is 1.70. The molecule has 1 amide bonds. The molecule has 0 saturated carbocycles. The molecular weight excluding hydrogens is 398 g/mol. The molecule has 1 aromatic carbocycles. The molecule has 0 aliphatic carbocycles. The van der Waals surface area contributed by atoms with Gasteiger partial charge in [-0.05, 0) is 25.1 Å². The second-order valence-corrected chi connectivity index (χ2v) is 9.94. The number of anilines is 1. The SMILES string of the molecule is Cc1cc(C(=O)N2CCN(c3nc4c(S(C)(=O)=O)cccc4s3)CC2)nn1C. The van der Waals surface area contributed by atoms with Gasteiger partial charge < -0.3 is 9.80 Å². The van der Waals surface area contributed by atoms with Crippen LogP contribution in [0.2, 0.25) is 0 Å². The molecule has 2 aromatic heterocycles. The summed E-state index contributed by atoms with van der Waals surface area (Å²) in [6.45, 7) is 4.35. The summed E-state index contributed by atoms with van der Waals surface area (Å²) in [6.07, 6.45) is 1.20. The number of rotatable bonds is 3. The Morgan fingerprint density at radius 1 is 1.18 bits per heavy atom. The van der Waals surface area contributed by atoms with Gasteiger partial charge in [0.15, 0.2) is 20.7 Å². The summed E-state index contributed by atoms with van der Waals surface area (Å²) >= 11 is 1.48. The lowest BCUT2D eigenvalue weighted by Crippen LogP contribution is -2.48. The number of nitrogens with zero attached hydrogens (tertiary/aromatic N) is 5. The van der Waals surface area contributed by atoms with E-state index in [-0.39, 0.29) is 10.8 Å². The van der Waals surface area contributed by atoms with Crippen molar-refractivity contribution in [3.63, 3.8) is 0 Å². The van der Waals surface area contributed by atoms with Crippen molar-refractivity contribution >= 4 is 42.4 Å². The maximum Gasteiger partial charge on any atom is 0.274 e. The van der Waals surface area contributed by atoms with Gasteiger partial charge in [-0.3, -0.25) is 9.48 Å². The third kappa shape index (κ3) is 3.37. The fourth-order valence-electron chi connectivity index (χ4n) is 3.27. The minimum Gasteiger partial charge on any atom is -0.345 e. The van der Waals surface area contributed by atoms with E-state index in [1.807, 2.05) is 20.0 Å². The van der Waals surface area contributed by atoms with Gasteiger partial charge in [0.25, 0.3) is 5.91 Å². The highest BCUT2D eigenvalue weighted by atomic mass is 32.2. The summed E-state index contributed by atoms with van der Waals surface area (Å²) in [5, 5.41) is 5.05. The number of carbonyl (C=O) groups excluding carboxylic acids is 1. The fourth-order valence-corrected chi connectivity index (χ4v) is 5.22. The average Bonchev–Trinajstić information content (AvgIpc) is 3.23. The number of hydrogen-bond donors (Lipinski definition) is 0. The van der Waals surface area contributed by atoms with E-state index in [9.17, 15) is 13.2 Å². The smallest absolute Gasteiger partial charge is 0.274 e. The molecule has 0 N–H and O–H groups in total. The van der Waals surface area contributed by atoms with Crippen LogP contribution in [0.25, 0.3) is 10.2 Å². The van der Waals surface area contributed by atoms with Gasteiger partial charge in [-0.1, -0.05) is 17.4 Å². The van der Waals surface area contributed by atoms with Gasteiger partial charge in [-0.2, -0.15) is 5.10 Å². The molecule has 1 saturated heterocycles. The highest BCUT2D eigenvalue weighted by molar-refractivity contribution is 7.91. The van der Waals surface area contributed by atoms with Crippen LogP contribution in [-0.4, -0.2) is 66.4 Å². The molecule has 3 aromatic rings. The van der Waals surface area contributed by atoms with Crippen LogP contribution in [0.1, 0.15) is 16.2 Å². The third-order valence-electron chi connectivity index (χ3n) is 4.94. The Kier molecular flexibility index (Phi) is 4.62. The number of amides is 1. The molecule has 28 heavy (non-hydrogen) atoms. The van der Waals surface area contributed by atoms with E-state index in [0.29, 0.717) is 37.4 Å².